The number of rotatable bonds is 7. The summed E-state index contributed by atoms with van der Waals surface area (Å²) < 4.78 is 11.2. The first-order valence-corrected chi connectivity index (χ1v) is 16.4. The number of fused-ring (bicyclic) bond motifs is 4. The molecule has 2 saturated carbocycles. The molecule has 0 aromatic rings. The first-order chi connectivity index (χ1) is 20.0. The lowest BCUT2D eigenvalue weighted by molar-refractivity contribution is -0.265. The van der Waals surface area contributed by atoms with E-state index in [0.717, 1.165) is 44.9 Å². The summed E-state index contributed by atoms with van der Waals surface area (Å²) in [5.41, 5.74) is 3.16. The van der Waals surface area contributed by atoms with Crippen molar-refractivity contribution >= 4 is 11.8 Å². The van der Waals surface area contributed by atoms with Gasteiger partial charge < -0.3 is 29.9 Å². The van der Waals surface area contributed by atoms with Crippen LogP contribution in [-0.4, -0.2) is 69.5 Å². The second-order valence-corrected chi connectivity index (χ2v) is 15.7. The minimum absolute atomic E-state index is 0.0111. The number of aliphatic hydroxyl groups is 4. The van der Waals surface area contributed by atoms with Crippen LogP contribution in [0.2, 0.25) is 0 Å². The lowest BCUT2D eigenvalue weighted by Gasteiger charge is -2.60. The van der Waals surface area contributed by atoms with Crippen molar-refractivity contribution < 1.29 is 39.5 Å². The van der Waals surface area contributed by atoms with Crippen LogP contribution in [0.15, 0.2) is 23.3 Å². The fourth-order valence-electron chi connectivity index (χ4n) is 10.3. The molecule has 0 aromatic heterocycles. The number of allylic oxidation sites excluding steroid dienone is 2. The zero-order valence-electron chi connectivity index (χ0n) is 27.0. The van der Waals surface area contributed by atoms with Crippen molar-refractivity contribution in [3.8, 4) is 0 Å². The molecule has 0 aromatic carbocycles. The summed E-state index contributed by atoms with van der Waals surface area (Å²) in [6, 6.07) is 0. The van der Waals surface area contributed by atoms with Gasteiger partial charge in [0.15, 0.2) is 0 Å². The minimum Gasteiger partial charge on any atom is -0.433 e. The molecule has 0 spiro atoms. The summed E-state index contributed by atoms with van der Waals surface area (Å²) in [6.45, 7) is 16.8. The van der Waals surface area contributed by atoms with E-state index >= 15 is 0 Å². The lowest BCUT2D eigenvalue weighted by atomic mass is 9.43. The maximum atomic E-state index is 14.0. The van der Waals surface area contributed by atoms with Gasteiger partial charge >= 0.3 is 5.97 Å². The van der Waals surface area contributed by atoms with Crippen molar-refractivity contribution in [3.05, 3.63) is 23.3 Å². The van der Waals surface area contributed by atoms with Crippen LogP contribution in [0.3, 0.4) is 0 Å². The number of aliphatic hydroxyl groups excluding tert-OH is 4. The number of carbonyl (C=O) groups is 2. The van der Waals surface area contributed by atoms with Gasteiger partial charge in [0.25, 0.3) is 0 Å². The lowest BCUT2D eigenvalue weighted by Crippen LogP contribution is -2.55. The van der Waals surface area contributed by atoms with Crippen LogP contribution in [0.1, 0.15) is 106 Å². The average molecular weight is 603 g/mol. The Kier molecular flexibility index (Phi) is 8.65. The molecule has 0 bridgehead atoms. The molecule has 5 rings (SSSR count). The number of Topliss-reactive ketones (excluding diaryl/α,β-unsaturated/α-hetero) is 1. The molecule has 3 fully saturated rings. The van der Waals surface area contributed by atoms with Crippen molar-refractivity contribution in [1.82, 2.24) is 0 Å². The minimum atomic E-state index is -1.55. The fourth-order valence-corrected chi connectivity index (χ4v) is 10.3. The van der Waals surface area contributed by atoms with Gasteiger partial charge in [-0.2, -0.15) is 0 Å². The highest BCUT2D eigenvalue weighted by molar-refractivity contribution is 5.85. The highest BCUT2D eigenvalue weighted by atomic mass is 16.7. The number of ketones is 1. The summed E-state index contributed by atoms with van der Waals surface area (Å²) in [5.74, 6) is -0.324. The van der Waals surface area contributed by atoms with Gasteiger partial charge in [-0.15, -0.1) is 0 Å². The Labute approximate surface area is 256 Å². The van der Waals surface area contributed by atoms with E-state index < -0.39 is 42.6 Å². The van der Waals surface area contributed by atoms with Crippen LogP contribution < -0.4 is 0 Å². The fraction of sp³-hybridized carbons (Fsp3) is 0.829. The molecule has 8 nitrogen and oxygen atoms in total. The first-order valence-electron chi connectivity index (χ1n) is 16.4. The van der Waals surface area contributed by atoms with Gasteiger partial charge in [0.1, 0.15) is 24.1 Å². The van der Waals surface area contributed by atoms with E-state index in [2.05, 4.69) is 41.2 Å². The predicted molar refractivity (Wildman–Crippen MR) is 161 cm³/mol. The average Bonchev–Trinajstić information content (AvgIpc) is 3.22. The molecular weight excluding hydrogens is 548 g/mol. The SMILES string of the molecule is C=C(C)[C@@H](O)CC[C@@H](C(=O)O[C@@H]1OC[C@@H](O)[C@H](O)[C@@H]1O)[C@H]1CC[C@@]2(C)C3=C(CC[C@]12C)[C@@]1(C)CCC(=O)C(C)(C)[C@@H]1CC3. The Balaban J connectivity index is 1.45. The first kappa shape index (κ1) is 32.8. The van der Waals surface area contributed by atoms with E-state index in [-0.39, 0.29) is 34.2 Å². The maximum absolute atomic E-state index is 14.0. The van der Waals surface area contributed by atoms with Gasteiger partial charge in [-0.05, 0) is 92.8 Å². The molecule has 4 aliphatic carbocycles. The third-order valence-electron chi connectivity index (χ3n) is 13.4. The van der Waals surface area contributed by atoms with E-state index in [1.807, 2.05) is 0 Å². The molecule has 1 aliphatic heterocycles. The number of hydrogen-bond donors (Lipinski definition) is 4. The van der Waals surface area contributed by atoms with E-state index in [1.54, 1.807) is 18.1 Å². The molecule has 1 heterocycles. The Morgan fingerprint density at radius 3 is 2.35 bits per heavy atom. The largest absolute Gasteiger partial charge is 0.433 e. The van der Waals surface area contributed by atoms with E-state index in [0.29, 0.717) is 36.5 Å². The molecular formula is C35H54O8. The summed E-state index contributed by atoms with van der Waals surface area (Å²) in [5, 5.41) is 41.1. The highest BCUT2D eigenvalue weighted by Gasteiger charge is 2.64. The monoisotopic (exact) mass is 602 g/mol. The zero-order valence-corrected chi connectivity index (χ0v) is 27.0. The van der Waals surface area contributed by atoms with Crippen molar-refractivity contribution in [2.75, 3.05) is 6.61 Å². The third-order valence-corrected chi connectivity index (χ3v) is 13.4. The van der Waals surface area contributed by atoms with Gasteiger partial charge in [0.05, 0.1) is 18.6 Å². The van der Waals surface area contributed by atoms with Crippen molar-refractivity contribution in [2.24, 2.45) is 39.4 Å². The van der Waals surface area contributed by atoms with Crippen LogP contribution in [-0.2, 0) is 19.1 Å². The van der Waals surface area contributed by atoms with Gasteiger partial charge in [-0.25, -0.2) is 0 Å². The number of ether oxygens (including phenoxy) is 2. The van der Waals surface area contributed by atoms with E-state index in [9.17, 15) is 30.0 Å². The van der Waals surface area contributed by atoms with Crippen LogP contribution in [0, 0.1) is 39.4 Å². The van der Waals surface area contributed by atoms with E-state index in [1.165, 1.54) is 0 Å². The molecule has 1 saturated heterocycles. The Bertz CT molecular complexity index is 1170. The molecule has 242 valence electrons. The highest BCUT2D eigenvalue weighted by Crippen LogP contribution is 2.72. The molecule has 43 heavy (non-hydrogen) atoms. The summed E-state index contributed by atoms with van der Waals surface area (Å²) in [7, 11) is 0. The summed E-state index contributed by atoms with van der Waals surface area (Å²) in [6.07, 6.45) is 1.60. The Hall–Kier alpha value is -1.58. The van der Waals surface area contributed by atoms with Crippen LogP contribution in [0.25, 0.3) is 0 Å². The van der Waals surface area contributed by atoms with Gasteiger partial charge in [0, 0.05) is 11.8 Å². The van der Waals surface area contributed by atoms with Crippen LogP contribution in [0.4, 0.5) is 0 Å². The number of hydrogen-bond acceptors (Lipinski definition) is 8. The van der Waals surface area contributed by atoms with Crippen molar-refractivity contribution in [3.63, 3.8) is 0 Å². The smallest absolute Gasteiger partial charge is 0.311 e. The number of carbonyl (C=O) groups excluding carboxylic acids is 2. The molecule has 0 unspecified atom stereocenters. The van der Waals surface area contributed by atoms with Crippen LogP contribution in [0.5, 0.6) is 0 Å². The number of esters is 1. The normalized spacial score (nSPS) is 43.7. The van der Waals surface area contributed by atoms with Crippen LogP contribution >= 0.6 is 0 Å². The quantitative estimate of drug-likeness (QED) is 0.245. The standard InChI is InChI=1S/C35H54O8/c1-19(2)24(36)10-8-20(30(41)43-31-29(40)28(39)25(37)18-42-31)21-12-16-35(7)23-9-11-26-32(3,4)27(38)14-15-33(26,5)22(23)13-17-34(21,35)6/h20-21,24-26,28-29,31,36-37,39-40H,1,8-18H2,2-7H3/t20-,21-,24+,25-,26+,28+,29+,31+,33-,34-,35+/m1/s1. The zero-order chi connectivity index (χ0) is 31.7. The summed E-state index contributed by atoms with van der Waals surface area (Å²) in [4.78, 5) is 26.9. The molecule has 11 atom stereocenters. The predicted octanol–water partition coefficient (Wildman–Crippen LogP) is 4.62. The summed E-state index contributed by atoms with van der Waals surface area (Å²) >= 11 is 0. The van der Waals surface area contributed by atoms with Gasteiger partial charge in [-0.1, -0.05) is 57.9 Å². The Morgan fingerprint density at radius 2 is 1.67 bits per heavy atom. The van der Waals surface area contributed by atoms with Gasteiger partial charge in [0.2, 0.25) is 6.29 Å². The molecule has 8 heteroatoms. The van der Waals surface area contributed by atoms with Crippen molar-refractivity contribution in [1.29, 1.82) is 0 Å². The topological polar surface area (TPSA) is 134 Å². The second kappa shape index (κ2) is 11.3. The van der Waals surface area contributed by atoms with Crippen molar-refractivity contribution in [2.45, 2.75) is 136 Å². The maximum Gasteiger partial charge on any atom is 0.311 e. The second-order valence-electron chi connectivity index (χ2n) is 15.7. The van der Waals surface area contributed by atoms with Gasteiger partial charge in [-0.3, -0.25) is 9.59 Å². The third kappa shape index (κ3) is 5.08. The Morgan fingerprint density at radius 1 is 0.977 bits per heavy atom. The molecule has 0 amide bonds. The molecule has 0 radical (unpaired) electrons. The molecule has 5 aliphatic rings. The molecule has 4 N–H and O–H groups in total. The van der Waals surface area contributed by atoms with E-state index in [4.69, 9.17) is 9.47 Å².